The average molecular weight is 962 g/mol. The molecule has 19 nitrogen and oxygen atoms in total. The van der Waals surface area contributed by atoms with Crippen LogP contribution in [0, 0.1) is 11.6 Å². The van der Waals surface area contributed by atoms with Gasteiger partial charge in [0.15, 0.2) is 5.82 Å². The number of aromatic nitrogens is 2. The molecule has 0 bridgehead atoms. The fourth-order valence-electron chi connectivity index (χ4n) is 8.02. The Balaban J connectivity index is 0.819. The number of hydrogen-bond acceptors (Lipinski definition) is 15. The van der Waals surface area contributed by atoms with Gasteiger partial charge in [-0.15, -0.1) is 0 Å². The maximum Gasteiger partial charge on any atom is 0.264 e. The Kier molecular flexibility index (Phi) is 16.1. The van der Waals surface area contributed by atoms with Gasteiger partial charge in [0.25, 0.3) is 11.8 Å². The number of halogens is 3. The number of aromatic hydroxyl groups is 1. The van der Waals surface area contributed by atoms with Crippen LogP contribution in [-0.2, 0) is 33.4 Å². The van der Waals surface area contributed by atoms with Gasteiger partial charge in [-0.1, -0.05) is 30.3 Å². The summed E-state index contributed by atoms with van der Waals surface area (Å²) < 4.78 is 48.2. The molecule has 0 saturated carbocycles. The van der Waals surface area contributed by atoms with Crippen LogP contribution < -0.4 is 20.9 Å². The van der Waals surface area contributed by atoms with Gasteiger partial charge in [0.05, 0.1) is 61.4 Å². The minimum Gasteiger partial charge on any atom is -0.507 e. The molecule has 0 aliphatic carbocycles. The smallest absolute Gasteiger partial charge is 0.264 e. The van der Waals surface area contributed by atoms with Crippen LogP contribution in [0.15, 0.2) is 55.1 Å². The van der Waals surface area contributed by atoms with Gasteiger partial charge in [0.2, 0.25) is 29.6 Å². The molecule has 2 fully saturated rings. The van der Waals surface area contributed by atoms with Crippen LogP contribution in [0.4, 0.5) is 26.2 Å². The highest BCUT2D eigenvalue weighted by Crippen LogP contribution is 2.42. The molecule has 6 amide bonds. The number of amides is 6. The van der Waals surface area contributed by atoms with Crippen molar-refractivity contribution in [3.63, 3.8) is 0 Å². The highest BCUT2D eigenvalue weighted by Gasteiger charge is 2.45. The number of nitrogens with one attached hydrogen (secondary N) is 3. The van der Waals surface area contributed by atoms with Crippen LogP contribution in [-0.4, -0.2) is 164 Å². The van der Waals surface area contributed by atoms with Crippen LogP contribution in [0.25, 0.3) is 22.0 Å². The van der Waals surface area contributed by atoms with E-state index >= 15 is 4.39 Å². The third-order valence-electron chi connectivity index (χ3n) is 11.6. The lowest BCUT2D eigenvalue weighted by Crippen LogP contribution is -2.54. The Morgan fingerprint density at radius 2 is 1.62 bits per heavy atom. The van der Waals surface area contributed by atoms with E-state index in [-0.39, 0.29) is 116 Å². The highest BCUT2D eigenvalue weighted by atomic mass is 35.5. The second kappa shape index (κ2) is 22.3. The molecule has 0 spiro atoms. The molecule has 3 aromatic carbocycles. The SMILES string of the molecule is C=CC(=O)N1CCN(c2nc(NCCC(=O)N(C)CCOCCOCCOCCNc3cccc4c3C(=O)N(C3CCC(=O)NC3=O)C4=O)nc3c(F)c(-c4c(O)cccc4F)c(Cl)cc23)CC1. The number of ether oxygens (including phenoxy) is 3. The van der Waals surface area contributed by atoms with Gasteiger partial charge < -0.3 is 44.7 Å². The molecular weight excluding hydrogens is 912 g/mol. The van der Waals surface area contributed by atoms with Gasteiger partial charge in [0, 0.05) is 82.3 Å². The molecule has 4 N–H and O–H groups in total. The Labute approximate surface area is 394 Å². The summed E-state index contributed by atoms with van der Waals surface area (Å²) in [4.78, 5) is 90.5. The number of piperidine rings is 1. The Morgan fingerprint density at radius 3 is 2.32 bits per heavy atom. The normalized spacial score (nSPS) is 16.0. The lowest BCUT2D eigenvalue weighted by molar-refractivity contribution is -0.136. The van der Waals surface area contributed by atoms with Gasteiger partial charge >= 0.3 is 0 Å². The molecular formula is C46H50ClF2N9O10. The van der Waals surface area contributed by atoms with E-state index < -0.39 is 52.6 Å². The number of anilines is 3. The van der Waals surface area contributed by atoms with E-state index in [9.17, 15) is 38.3 Å². The molecule has 68 heavy (non-hydrogen) atoms. The summed E-state index contributed by atoms with van der Waals surface area (Å²) in [5, 5.41) is 18.8. The maximum absolute atomic E-state index is 16.4. The third kappa shape index (κ3) is 11.0. The van der Waals surface area contributed by atoms with Gasteiger partial charge in [0.1, 0.15) is 28.9 Å². The third-order valence-corrected chi connectivity index (χ3v) is 11.9. The standard InChI is InChI=1S/C46H50ClF2N9O10/c1-3-35(61)56-15-17-57(18-16-56)42-28-26-29(47)38(39-30(48)7-5-9-33(39)59)40(49)41(28)53-46(54-42)51-13-12-36(62)55(2)19-21-67-23-25-68-24-22-66-20-14-50-31-8-4-6-27-37(31)45(65)58(44(27)64)32-10-11-34(60)52-43(32)63/h3-9,26,32,50,59H,1,10-25H2,2H3,(H,51,53,54)(H,52,60,63). The van der Waals surface area contributed by atoms with E-state index in [1.165, 1.54) is 35.2 Å². The van der Waals surface area contributed by atoms with Crippen LogP contribution in [0.2, 0.25) is 5.02 Å². The number of benzene rings is 3. The summed E-state index contributed by atoms with van der Waals surface area (Å²) in [6, 6.07) is 8.77. The first-order valence-electron chi connectivity index (χ1n) is 21.9. The molecule has 0 radical (unpaired) electrons. The van der Waals surface area contributed by atoms with Crippen molar-refractivity contribution in [3.05, 3.63) is 82.9 Å². The molecule has 22 heteroatoms. The molecule has 3 aliphatic rings. The number of likely N-dealkylation sites (N-methyl/N-ethyl adjacent to an activating group) is 1. The van der Waals surface area contributed by atoms with E-state index in [1.54, 1.807) is 24.1 Å². The summed E-state index contributed by atoms with van der Waals surface area (Å²) in [6.07, 6.45) is 1.36. The van der Waals surface area contributed by atoms with E-state index in [4.69, 9.17) is 25.8 Å². The zero-order chi connectivity index (χ0) is 48.5. The quantitative estimate of drug-likeness (QED) is 0.0532. The van der Waals surface area contributed by atoms with Crippen LogP contribution in [0.1, 0.15) is 40.0 Å². The molecule has 1 atom stereocenters. The molecule has 2 saturated heterocycles. The summed E-state index contributed by atoms with van der Waals surface area (Å²) in [7, 11) is 1.63. The van der Waals surface area contributed by atoms with Crippen molar-refractivity contribution in [2.75, 3.05) is 108 Å². The number of imide groups is 2. The lowest BCUT2D eigenvalue weighted by Gasteiger charge is -2.35. The van der Waals surface area contributed by atoms with Crippen molar-refractivity contribution in [1.29, 1.82) is 0 Å². The van der Waals surface area contributed by atoms with Crippen LogP contribution >= 0.6 is 11.6 Å². The molecule has 1 aromatic heterocycles. The van der Waals surface area contributed by atoms with E-state index in [0.717, 1.165) is 11.0 Å². The summed E-state index contributed by atoms with van der Waals surface area (Å²) in [5.74, 6) is -4.80. The number of carbonyl (C=O) groups excluding carboxylic acids is 6. The second-order valence-corrected chi connectivity index (χ2v) is 16.3. The van der Waals surface area contributed by atoms with Gasteiger partial charge in [-0.3, -0.25) is 39.0 Å². The van der Waals surface area contributed by atoms with Gasteiger partial charge in [-0.05, 0) is 42.8 Å². The number of hydrogen-bond donors (Lipinski definition) is 4. The Hall–Kier alpha value is -6.81. The first-order chi connectivity index (χ1) is 32.8. The van der Waals surface area contributed by atoms with E-state index in [2.05, 4.69) is 32.5 Å². The Bertz CT molecular complexity index is 2590. The first kappa shape index (κ1) is 49.1. The second-order valence-electron chi connectivity index (χ2n) is 15.9. The predicted octanol–water partition coefficient (Wildman–Crippen LogP) is 3.59. The summed E-state index contributed by atoms with van der Waals surface area (Å²) >= 11 is 6.56. The first-order valence-corrected chi connectivity index (χ1v) is 22.3. The number of nitrogens with zero attached hydrogens (tertiary/aromatic N) is 6. The van der Waals surface area contributed by atoms with Crippen molar-refractivity contribution in [3.8, 4) is 16.9 Å². The molecule has 4 heterocycles. The molecule has 3 aliphatic heterocycles. The minimum atomic E-state index is -1.05. The van der Waals surface area contributed by atoms with E-state index in [1.807, 2.05) is 4.90 Å². The van der Waals surface area contributed by atoms with Crippen molar-refractivity contribution < 1.29 is 56.9 Å². The number of phenols is 1. The molecule has 4 aromatic rings. The monoisotopic (exact) mass is 961 g/mol. The maximum atomic E-state index is 16.4. The number of carbonyl (C=O) groups is 6. The van der Waals surface area contributed by atoms with E-state index in [0.29, 0.717) is 50.8 Å². The van der Waals surface area contributed by atoms with Crippen molar-refractivity contribution in [1.82, 2.24) is 30.0 Å². The number of piperazine rings is 1. The zero-order valence-electron chi connectivity index (χ0n) is 37.2. The molecule has 360 valence electrons. The predicted molar refractivity (Wildman–Crippen MR) is 245 cm³/mol. The average Bonchev–Trinajstić information content (AvgIpc) is 3.58. The zero-order valence-corrected chi connectivity index (χ0v) is 37.9. The van der Waals surface area contributed by atoms with Gasteiger partial charge in [-0.2, -0.15) is 4.98 Å². The van der Waals surface area contributed by atoms with Crippen molar-refractivity contribution >= 4 is 75.4 Å². The van der Waals surface area contributed by atoms with Crippen LogP contribution in [0.3, 0.4) is 0 Å². The van der Waals surface area contributed by atoms with Gasteiger partial charge in [-0.25, -0.2) is 13.8 Å². The lowest BCUT2D eigenvalue weighted by atomic mass is 10.0. The fourth-order valence-corrected chi connectivity index (χ4v) is 8.30. The summed E-state index contributed by atoms with van der Waals surface area (Å²) in [6.45, 7) is 7.26. The van der Waals surface area contributed by atoms with Crippen molar-refractivity contribution in [2.45, 2.75) is 25.3 Å². The van der Waals surface area contributed by atoms with Crippen molar-refractivity contribution in [2.24, 2.45) is 0 Å². The Morgan fingerprint density at radius 1 is 0.912 bits per heavy atom. The molecule has 1 unspecified atom stereocenters. The minimum absolute atomic E-state index is 0.00373. The summed E-state index contributed by atoms with van der Waals surface area (Å²) in [5.41, 5.74) is -0.202. The van der Waals surface area contributed by atoms with Crippen LogP contribution in [0.5, 0.6) is 5.75 Å². The fraction of sp³-hybridized carbons (Fsp3) is 0.391. The molecule has 7 rings (SSSR count). The highest BCUT2D eigenvalue weighted by molar-refractivity contribution is 6.34. The number of rotatable bonds is 21. The largest absolute Gasteiger partial charge is 0.507 e. The topological polar surface area (TPSA) is 225 Å². The number of phenolic OH excluding ortho intramolecular Hbond substituents is 1. The number of fused-ring (bicyclic) bond motifs is 2.